The van der Waals surface area contributed by atoms with E-state index in [0.29, 0.717) is 17.6 Å². The van der Waals surface area contributed by atoms with Crippen molar-refractivity contribution in [3.8, 4) is 5.75 Å². The Hall–Kier alpha value is -1.58. The summed E-state index contributed by atoms with van der Waals surface area (Å²) in [5, 5.41) is 11.1. The first-order valence-electron chi connectivity index (χ1n) is 7.61. The summed E-state index contributed by atoms with van der Waals surface area (Å²) in [7, 11) is 0. The summed E-state index contributed by atoms with van der Waals surface area (Å²) in [5.74, 6) is 3.47. The first-order valence-corrected chi connectivity index (χ1v) is 7.61. The van der Waals surface area contributed by atoms with Crippen molar-refractivity contribution in [2.45, 2.75) is 38.2 Å². The second-order valence-electron chi connectivity index (χ2n) is 6.74. The van der Waals surface area contributed by atoms with Crippen molar-refractivity contribution in [3.05, 3.63) is 34.4 Å². The van der Waals surface area contributed by atoms with Gasteiger partial charge in [0.25, 0.3) is 0 Å². The van der Waals surface area contributed by atoms with Crippen LogP contribution in [0.3, 0.4) is 0 Å². The largest absolute Gasteiger partial charge is 0.483 e. The van der Waals surface area contributed by atoms with E-state index in [1.807, 2.05) is 6.07 Å². The Balaban J connectivity index is 1.59. The lowest BCUT2D eigenvalue weighted by Gasteiger charge is -2.53. The van der Waals surface area contributed by atoms with Crippen LogP contribution in [0, 0.1) is 33.8 Å². The molecule has 1 aromatic rings. The predicted molar refractivity (Wildman–Crippen MR) is 74.6 cm³/mol. The van der Waals surface area contributed by atoms with Gasteiger partial charge in [-0.25, -0.2) is 0 Å². The maximum Gasteiger partial charge on any atom is 0.310 e. The van der Waals surface area contributed by atoms with Crippen LogP contribution < -0.4 is 4.74 Å². The van der Waals surface area contributed by atoms with Gasteiger partial charge in [-0.3, -0.25) is 10.1 Å². The Morgan fingerprint density at radius 2 is 1.60 bits per heavy atom. The lowest BCUT2D eigenvalue weighted by atomic mass is 9.55. The average Bonchev–Trinajstić information content (AvgIpc) is 2.42. The number of ether oxygens (including phenoxy) is 1. The van der Waals surface area contributed by atoms with Gasteiger partial charge in [0.2, 0.25) is 0 Å². The molecule has 4 bridgehead atoms. The van der Waals surface area contributed by atoms with E-state index >= 15 is 0 Å². The molecule has 0 saturated heterocycles. The fraction of sp³-hybridized carbons (Fsp3) is 0.625. The summed E-state index contributed by atoms with van der Waals surface area (Å²) in [4.78, 5) is 10.8. The zero-order chi connectivity index (χ0) is 13.7. The minimum absolute atomic E-state index is 0.0984. The first kappa shape index (κ1) is 12.2. The van der Waals surface area contributed by atoms with Gasteiger partial charge in [-0.2, -0.15) is 0 Å². The summed E-state index contributed by atoms with van der Waals surface area (Å²) < 4.78 is 6.14. The predicted octanol–water partition coefficient (Wildman–Crippen LogP) is 3.80. The number of benzene rings is 1. The van der Waals surface area contributed by atoms with E-state index in [1.165, 1.54) is 38.2 Å². The number of para-hydroxylation sites is 2. The summed E-state index contributed by atoms with van der Waals surface area (Å²) >= 11 is 0. The van der Waals surface area contributed by atoms with Gasteiger partial charge in [0.15, 0.2) is 5.75 Å². The van der Waals surface area contributed by atoms with Gasteiger partial charge in [0.1, 0.15) is 6.10 Å². The Morgan fingerprint density at radius 3 is 2.20 bits per heavy atom. The highest BCUT2D eigenvalue weighted by Gasteiger charge is 2.49. The van der Waals surface area contributed by atoms with Crippen LogP contribution >= 0.6 is 0 Å². The zero-order valence-electron chi connectivity index (χ0n) is 11.4. The van der Waals surface area contributed by atoms with Crippen LogP contribution in [-0.4, -0.2) is 11.0 Å². The van der Waals surface area contributed by atoms with Crippen LogP contribution in [0.5, 0.6) is 5.75 Å². The molecule has 0 aliphatic heterocycles. The monoisotopic (exact) mass is 273 g/mol. The van der Waals surface area contributed by atoms with Crippen LogP contribution in [0.4, 0.5) is 5.69 Å². The molecule has 4 aliphatic carbocycles. The minimum atomic E-state index is -0.342. The highest BCUT2D eigenvalue weighted by atomic mass is 16.6. The summed E-state index contributed by atoms with van der Waals surface area (Å²) in [5.41, 5.74) is 0.0984. The molecule has 0 atom stereocenters. The highest BCUT2D eigenvalue weighted by molar-refractivity contribution is 5.45. The minimum Gasteiger partial charge on any atom is -0.483 e. The van der Waals surface area contributed by atoms with E-state index in [0.717, 1.165) is 11.8 Å². The third-order valence-corrected chi connectivity index (χ3v) is 5.47. The van der Waals surface area contributed by atoms with Crippen LogP contribution in [0.1, 0.15) is 32.1 Å². The van der Waals surface area contributed by atoms with Crippen molar-refractivity contribution in [2.75, 3.05) is 0 Å². The molecule has 5 rings (SSSR count). The summed E-state index contributed by atoms with van der Waals surface area (Å²) in [6.07, 6.45) is 6.65. The standard InChI is InChI=1S/C16H19NO3/c18-17(19)14-3-1-2-4-15(14)20-16-12-6-10-5-11(8-12)9-13(16)7-10/h1-4,10-13,16H,5-9H2. The van der Waals surface area contributed by atoms with E-state index in [2.05, 4.69) is 0 Å². The van der Waals surface area contributed by atoms with Crippen molar-refractivity contribution < 1.29 is 9.66 Å². The summed E-state index contributed by atoms with van der Waals surface area (Å²) in [6, 6.07) is 6.79. The SMILES string of the molecule is O=[N+]([O-])c1ccccc1OC1C2CC3CC(C2)CC1C3. The van der Waals surface area contributed by atoms with Gasteiger partial charge < -0.3 is 4.74 Å². The molecule has 0 unspecified atom stereocenters. The highest BCUT2D eigenvalue weighted by Crippen LogP contribution is 2.54. The van der Waals surface area contributed by atoms with E-state index < -0.39 is 0 Å². The molecular formula is C16H19NO3. The molecule has 0 N–H and O–H groups in total. The number of nitro benzene ring substituents is 1. The van der Waals surface area contributed by atoms with Crippen molar-refractivity contribution in [1.29, 1.82) is 0 Å². The van der Waals surface area contributed by atoms with Gasteiger partial charge >= 0.3 is 5.69 Å². The smallest absolute Gasteiger partial charge is 0.310 e. The molecule has 0 spiro atoms. The number of hydrogen-bond donors (Lipinski definition) is 0. The second kappa shape index (κ2) is 4.47. The third-order valence-electron chi connectivity index (χ3n) is 5.47. The molecule has 20 heavy (non-hydrogen) atoms. The first-order chi connectivity index (χ1) is 9.70. The molecule has 4 fully saturated rings. The van der Waals surface area contributed by atoms with Gasteiger partial charge in [-0.05, 0) is 61.8 Å². The molecule has 4 saturated carbocycles. The Morgan fingerprint density at radius 1 is 1.00 bits per heavy atom. The van der Waals surface area contributed by atoms with Crippen molar-refractivity contribution >= 4 is 5.69 Å². The second-order valence-corrected chi connectivity index (χ2v) is 6.74. The lowest BCUT2D eigenvalue weighted by molar-refractivity contribution is -0.386. The number of nitrogens with zero attached hydrogens (tertiary/aromatic N) is 1. The van der Waals surface area contributed by atoms with Crippen molar-refractivity contribution in [2.24, 2.45) is 23.7 Å². The molecule has 1 aromatic carbocycles. The quantitative estimate of drug-likeness (QED) is 0.621. The van der Waals surface area contributed by atoms with E-state index in [9.17, 15) is 10.1 Å². The van der Waals surface area contributed by atoms with Crippen LogP contribution in [0.15, 0.2) is 24.3 Å². The summed E-state index contributed by atoms with van der Waals surface area (Å²) in [6.45, 7) is 0. The number of hydrogen-bond acceptors (Lipinski definition) is 3. The topological polar surface area (TPSA) is 52.4 Å². The maximum absolute atomic E-state index is 11.1. The van der Waals surface area contributed by atoms with Crippen LogP contribution in [0.2, 0.25) is 0 Å². The Bertz CT molecular complexity index is 514. The molecular weight excluding hydrogens is 254 g/mol. The molecule has 4 aliphatic rings. The molecule has 0 radical (unpaired) electrons. The number of rotatable bonds is 3. The van der Waals surface area contributed by atoms with E-state index in [1.54, 1.807) is 12.1 Å². The van der Waals surface area contributed by atoms with E-state index in [4.69, 9.17) is 4.74 Å². The van der Waals surface area contributed by atoms with Gasteiger partial charge in [-0.15, -0.1) is 0 Å². The molecule has 0 heterocycles. The average molecular weight is 273 g/mol. The zero-order valence-corrected chi connectivity index (χ0v) is 11.4. The lowest BCUT2D eigenvalue weighted by Crippen LogP contribution is -2.50. The van der Waals surface area contributed by atoms with Crippen molar-refractivity contribution in [1.82, 2.24) is 0 Å². The molecule has 4 nitrogen and oxygen atoms in total. The molecule has 0 amide bonds. The fourth-order valence-corrected chi connectivity index (χ4v) is 4.92. The van der Waals surface area contributed by atoms with Gasteiger partial charge in [-0.1, -0.05) is 12.1 Å². The fourth-order valence-electron chi connectivity index (χ4n) is 4.92. The van der Waals surface area contributed by atoms with Gasteiger partial charge in [0, 0.05) is 6.07 Å². The Labute approximate surface area is 118 Å². The van der Waals surface area contributed by atoms with Crippen LogP contribution in [-0.2, 0) is 0 Å². The Kier molecular flexibility index (Phi) is 2.72. The van der Waals surface area contributed by atoms with Crippen LogP contribution in [0.25, 0.3) is 0 Å². The molecule has 0 aromatic heterocycles. The van der Waals surface area contributed by atoms with Crippen molar-refractivity contribution in [3.63, 3.8) is 0 Å². The third kappa shape index (κ3) is 1.89. The maximum atomic E-state index is 11.1. The van der Waals surface area contributed by atoms with E-state index in [-0.39, 0.29) is 16.7 Å². The molecule has 106 valence electrons. The van der Waals surface area contributed by atoms with Gasteiger partial charge in [0.05, 0.1) is 4.92 Å². The number of nitro groups is 1. The molecule has 4 heteroatoms. The normalized spacial score (nSPS) is 37.9.